The third kappa shape index (κ3) is 5.12. The van der Waals surface area contributed by atoms with E-state index < -0.39 is 25.8 Å². The quantitative estimate of drug-likeness (QED) is 0.202. The summed E-state index contributed by atoms with van der Waals surface area (Å²) in [7, 11) is -6.87. The lowest BCUT2D eigenvalue weighted by Gasteiger charge is -2.41. The first kappa shape index (κ1) is 28.9. The number of Topliss-reactive ketones (excluding diaryl/α,β-unsaturated/α-hetero) is 1. The Bertz CT molecular complexity index is 1380. The van der Waals surface area contributed by atoms with Crippen molar-refractivity contribution in [3.05, 3.63) is 84.9 Å². The van der Waals surface area contributed by atoms with Crippen LogP contribution in [0.5, 0.6) is 5.75 Å². The maximum atomic E-state index is 14.2. The Kier molecular flexibility index (Phi) is 8.20. The Morgan fingerprint density at radius 2 is 1.40 bits per heavy atom. The van der Waals surface area contributed by atoms with Crippen molar-refractivity contribution in [2.45, 2.75) is 74.0 Å². The first-order valence-corrected chi connectivity index (χ1v) is 17.4. The number of ketones is 1. The molecule has 0 aliphatic heterocycles. The van der Waals surface area contributed by atoms with Crippen LogP contribution in [0.1, 0.15) is 59.3 Å². The van der Waals surface area contributed by atoms with Gasteiger partial charge in [-0.1, -0.05) is 70.0 Å². The summed E-state index contributed by atoms with van der Waals surface area (Å²) in [4.78, 5) is 15.6. The number of hydrogen-bond acceptors (Lipinski definition) is 5. The number of rotatable bonds is 12. The molecule has 5 nitrogen and oxygen atoms in total. The van der Waals surface area contributed by atoms with Crippen LogP contribution in [-0.2, 0) is 18.5 Å². The predicted octanol–water partition coefficient (Wildman–Crippen LogP) is 8.19. The Labute approximate surface area is 240 Å². The van der Waals surface area contributed by atoms with Gasteiger partial charge in [0.25, 0.3) is 10.1 Å². The molecule has 2 saturated carbocycles. The van der Waals surface area contributed by atoms with Gasteiger partial charge in [-0.05, 0) is 89.4 Å². The molecule has 2 aliphatic rings. The molecule has 0 radical (unpaired) electrons. The summed E-state index contributed by atoms with van der Waals surface area (Å²) in [6, 6.07) is 26.8. The summed E-state index contributed by atoms with van der Waals surface area (Å²) in [5, 5.41) is 0. The Morgan fingerprint density at radius 1 is 0.825 bits per heavy atom. The lowest BCUT2D eigenvalue weighted by atomic mass is 9.70. The summed E-state index contributed by atoms with van der Waals surface area (Å²) < 4.78 is 41.0. The molecule has 2 fully saturated rings. The Morgan fingerprint density at radius 3 is 1.90 bits per heavy atom. The summed E-state index contributed by atoms with van der Waals surface area (Å²) >= 11 is 0. The lowest BCUT2D eigenvalue weighted by molar-refractivity contribution is -0.128. The summed E-state index contributed by atoms with van der Waals surface area (Å²) in [5.74, 6) is 0.729. The van der Waals surface area contributed by atoms with Crippen molar-refractivity contribution in [2.75, 3.05) is 12.4 Å². The minimum Gasteiger partial charge on any atom is -0.494 e. The van der Waals surface area contributed by atoms with Gasteiger partial charge in [-0.2, -0.15) is 8.42 Å². The van der Waals surface area contributed by atoms with Gasteiger partial charge < -0.3 is 4.74 Å². The van der Waals surface area contributed by atoms with Crippen molar-refractivity contribution in [1.82, 2.24) is 0 Å². The molecule has 0 heterocycles. The second kappa shape index (κ2) is 11.3. The van der Waals surface area contributed by atoms with Crippen LogP contribution in [0.15, 0.2) is 99.6 Å². The van der Waals surface area contributed by atoms with E-state index in [0.717, 1.165) is 46.1 Å². The van der Waals surface area contributed by atoms with Gasteiger partial charge in [-0.15, -0.1) is 0 Å². The average molecular weight is 581 g/mol. The van der Waals surface area contributed by atoms with Gasteiger partial charge in [0.15, 0.2) is 0 Å². The van der Waals surface area contributed by atoms with Gasteiger partial charge in [-0.25, -0.2) is 3.63 Å². The molecular weight excluding hydrogens is 540 g/mol. The lowest BCUT2D eigenvalue weighted by Crippen LogP contribution is -2.42. The normalized spacial score (nSPS) is 22.4. The zero-order chi connectivity index (χ0) is 28.4. The molecule has 5 rings (SSSR count). The number of unbranched alkanes of at least 4 members (excludes halogenated alkanes) is 2. The number of hydrogen-bond donors (Lipinski definition) is 0. The molecule has 3 aromatic rings. The zero-order valence-corrected chi connectivity index (χ0v) is 25.3. The van der Waals surface area contributed by atoms with Crippen LogP contribution in [0.2, 0.25) is 0 Å². The van der Waals surface area contributed by atoms with Gasteiger partial charge >= 0.3 is 0 Å². The van der Waals surface area contributed by atoms with Crippen molar-refractivity contribution >= 4 is 26.2 Å². The van der Waals surface area contributed by atoms with Crippen LogP contribution >= 0.6 is 10.3 Å². The van der Waals surface area contributed by atoms with E-state index in [2.05, 4.69) is 20.8 Å². The van der Waals surface area contributed by atoms with Gasteiger partial charge in [0.1, 0.15) is 11.5 Å². The first-order valence-electron chi connectivity index (χ1n) is 14.3. The number of fused-ring (bicyclic) bond motifs is 2. The number of carbonyl (C=O) groups excluding carboxylic acids is 1. The second-order valence-electron chi connectivity index (χ2n) is 11.6. The van der Waals surface area contributed by atoms with Crippen LogP contribution in [0.25, 0.3) is 0 Å². The molecule has 2 aliphatic carbocycles. The smallest absolute Gasteiger partial charge is 0.278 e. The van der Waals surface area contributed by atoms with Crippen molar-refractivity contribution in [3.8, 4) is 5.75 Å². The van der Waals surface area contributed by atoms with E-state index in [1.54, 1.807) is 0 Å². The van der Waals surface area contributed by atoms with Crippen LogP contribution in [0.3, 0.4) is 0 Å². The Hall–Kier alpha value is -2.61. The minimum atomic E-state index is -4.16. The molecule has 214 valence electrons. The highest BCUT2D eigenvalue weighted by Gasteiger charge is 2.65. The molecule has 0 aromatic heterocycles. The third-order valence-electron chi connectivity index (χ3n) is 9.09. The van der Waals surface area contributed by atoms with E-state index in [0.29, 0.717) is 19.4 Å². The van der Waals surface area contributed by atoms with E-state index >= 15 is 0 Å². The largest absolute Gasteiger partial charge is 0.494 e. The van der Waals surface area contributed by atoms with E-state index in [1.165, 1.54) is 0 Å². The van der Waals surface area contributed by atoms with Crippen LogP contribution < -0.4 is 4.74 Å². The molecule has 3 aromatic carbocycles. The molecule has 2 bridgehead atoms. The molecule has 0 N–H and O–H groups in total. The predicted molar refractivity (Wildman–Crippen MR) is 160 cm³/mol. The summed E-state index contributed by atoms with van der Waals surface area (Å²) in [6.07, 6.45) is 5.15. The van der Waals surface area contributed by atoms with Crippen molar-refractivity contribution in [2.24, 2.45) is 16.7 Å². The number of benzene rings is 3. The molecule has 2 atom stereocenters. The topological polar surface area (TPSA) is 69.7 Å². The summed E-state index contributed by atoms with van der Waals surface area (Å²) in [6.45, 7) is 6.91. The fraction of sp³-hybridized carbons (Fsp3) is 0.424. The number of ether oxygens (including phenoxy) is 1. The molecule has 0 saturated heterocycles. The molecule has 2 unspecified atom stereocenters. The highest BCUT2D eigenvalue weighted by molar-refractivity contribution is 8.33. The zero-order valence-electron chi connectivity index (χ0n) is 23.7. The van der Waals surface area contributed by atoms with Gasteiger partial charge in [0, 0.05) is 21.1 Å². The average Bonchev–Trinajstić information content (AvgIpc) is 3.30. The van der Waals surface area contributed by atoms with Crippen LogP contribution in [0, 0.1) is 16.7 Å². The maximum absolute atomic E-state index is 14.2. The van der Waals surface area contributed by atoms with E-state index in [1.807, 2.05) is 84.9 Å². The Balaban J connectivity index is 1.59. The number of carbonyl (C=O) groups is 1. The fourth-order valence-electron chi connectivity index (χ4n) is 6.61. The molecule has 7 heteroatoms. The SMILES string of the molecule is CCCCCOc1ccc(S(OS(=O)(=O)CC23CCC(CC2=O)C3(C)C)(c2ccccc2)c2ccccc2)cc1. The van der Waals surface area contributed by atoms with E-state index in [-0.39, 0.29) is 22.9 Å². The molecule has 40 heavy (non-hydrogen) atoms. The minimum absolute atomic E-state index is 0.0607. The molecule has 0 amide bonds. The first-order chi connectivity index (χ1) is 19.1. The van der Waals surface area contributed by atoms with Gasteiger partial charge in [-0.3, -0.25) is 4.79 Å². The highest BCUT2D eigenvalue weighted by Crippen LogP contribution is 2.71. The maximum Gasteiger partial charge on any atom is 0.278 e. The fourth-order valence-corrected chi connectivity index (χ4v) is 12.7. The van der Waals surface area contributed by atoms with Gasteiger partial charge in [0.2, 0.25) is 0 Å². The third-order valence-corrected chi connectivity index (χ3v) is 14.4. The van der Waals surface area contributed by atoms with E-state index in [9.17, 15) is 13.2 Å². The highest BCUT2D eigenvalue weighted by atomic mass is 32.3. The summed E-state index contributed by atoms with van der Waals surface area (Å²) in [5.41, 5.74) is -1.29. The van der Waals surface area contributed by atoms with Crippen molar-refractivity contribution in [1.29, 1.82) is 0 Å². The standard InChI is InChI=1S/C33H40O5S2/c1-4-5-12-23-37-27-17-19-30(20-18-27)40(28-13-8-6-9-14-28,29-15-10-7-11-16-29)38-39(35,36)25-33-22-21-26(24-31(33)34)32(33,2)3/h6-11,13-20,26H,4-5,12,21-25H2,1-3H3. The molecule has 0 spiro atoms. The van der Waals surface area contributed by atoms with Crippen LogP contribution in [-0.4, -0.2) is 26.6 Å². The molecular formula is C33H40O5S2. The second-order valence-corrected chi connectivity index (χ2v) is 16.1. The van der Waals surface area contributed by atoms with Crippen molar-refractivity contribution < 1.29 is 21.6 Å². The van der Waals surface area contributed by atoms with Crippen LogP contribution in [0.4, 0.5) is 0 Å². The monoisotopic (exact) mass is 580 g/mol. The van der Waals surface area contributed by atoms with E-state index in [4.69, 9.17) is 8.37 Å². The van der Waals surface area contributed by atoms with Crippen molar-refractivity contribution in [3.63, 3.8) is 0 Å². The van der Waals surface area contributed by atoms with Gasteiger partial charge in [0.05, 0.1) is 17.8 Å².